The number of ether oxygens (including phenoxy) is 3. The minimum atomic E-state index is -4.79. The second kappa shape index (κ2) is 13.0. The fourth-order valence-corrected chi connectivity index (χ4v) is 6.23. The molecular weight excluding hydrogens is 561 g/mol. The summed E-state index contributed by atoms with van der Waals surface area (Å²) in [6.07, 6.45) is -5.20. The van der Waals surface area contributed by atoms with Crippen LogP contribution in [0.25, 0.3) is 0 Å². The van der Waals surface area contributed by atoms with E-state index >= 15 is 0 Å². The van der Waals surface area contributed by atoms with E-state index in [0.29, 0.717) is 30.9 Å². The van der Waals surface area contributed by atoms with Crippen molar-refractivity contribution >= 4 is 16.0 Å². The average Bonchev–Trinajstić information content (AvgIpc) is 2.99. The molecular formula is C29H31F3N2O6S. The molecule has 1 atom stereocenters. The van der Waals surface area contributed by atoms with Gasteiger partial charge in [-0.3, -0.25) is 4.90 Å². The van der Waals surface area contributed by atoms with Crippen molar-refractivity contribution in [3.63, 3.8) is 0 Å². The summed E-state index contributed by atoms with van der Waals surface area (Å²) >= 11 is 0. The molecule has 0 aromatic heterocycles. The van der Waals surface area contributed by atoms with Gasteiger partial charge < -0.3 is 14.2 Å². The van der Waals surface area contributed by atoms with Crippen LogP contribution in [-0.4, -0.2) is 70.5 Å². The van der Waals surface area contributed by atoms with Crippen LogP contribution in [0.2, 0.25) is 0 Å². The smallest absolute Gasteiger partial charge is 0.417 e. The first-order valence-corrected chi connectivity index (χ1v) is 14.3. The summed E-state index contributed by atoms with van der Waals surface area (Å²) in [6, 6.07) is 18.5. The predicted octanol–water partition coefficient (Wildman–Crippen LogP) is 4.77. The lowest BCUT2D eigenvalue weighted by Gasteiger charge is -2.36. The quantitative estimate of drug-likeness (QED) is 0.314. The van der Waals surface area contributed by atoms with E-state index in [1.807, 2.05) is 29.2 Å². The molecule has 3 aromatic carbocycles. The number of esters is 1. The van der Waals surface area contributed by atoms with Crippen molar-refractivity contribution in [2.75, 3.05) is 46.9 Å². The number of carbonyl (C=O) groups excluding carboxylic acids is 1. The molecule has 1 heterocycles. The van der Waals surface area contributed by atoms with Crippen LogP contribution in [0.4, 0.5) is 13.2 Å². The average molecular weight is 593 g/mol. The van der Waals surface area contributed by atoms with Gasteiger partial charge in [-0.25, -0.2) is 13.2 Å². The first kappa shape index (κ1) is 30.5. The van der Waals surface area contributed by atoms with E-state index in [0.717, 1.165) is 27.6 Å². The summed E-state index contributed by atoms with van der Waals surface area (Å²) in [5.41, 5.74) is 0.939. The Morgan fingerprint density at radius 3 is 2.24 bits per heavy atom. The third kappa shape index (κ3) is 7.45. The van der Waals surface area contributed by atoms with Gasteiger partial charge in [-0.15, -0.1) is 0 Å². The Balaban J connectivity index is 1.46. The van der Waals surface area contributed by atoms with Crippen molar-refractivity contribution < 1.29 is 40.6 Å². The van der Waals surface area contributed by atoms with Crippen LogP contribution in [0.1, 0.15) is 33.2 Å². The number of carbonyl (C=O) groups is 1. The van der Waals surface area contributed by atoms with Gasteiger partial charge in [0.25, 0.3) is 0 Å². The molecule has 0 radical (unpaired) electrons. The van der Waals surface area contributed by atoms with Crippen molar-refractivity contribution in [3.05, 3.63) is 95.1 Å². The van der Waals surface area contributed by atoms with Crippen molar-refractivity contribution in [1.82, 2.24) is 9.21 Å². The second-order valence-electron chi connectivity index (χ2n) is 9.46. The first-order chi connectivity index (χ1) is 19.5. The Morgan fingerprint density at radius 1 is 0.927 bits per heavy atom. The summed E-state index contributed by atoms with van der Waals surface area (Å²) in [4.78, 5) is 13.0. The maximum atomic E-state index is 13.5. The van der Waals surface area contributed by atoms with Gasteiger partial charge >= 0.3 is 12.1 Å². The fraction of sp³-hybridized carbons (Fsp3) is 0.345. The van der Waals surface area contributed by atoms with Crippen LogP contribution >= 0.6 is 0 Å². The molecule has 1 fully saturated rings. The van der Waals surface area contributed by atoms with Crippen LogP contribution in [0.5, 0.6) is 5.75 Å². The molecule has 0 N–H and O–H groups in total. The van der Waals surface area contributed by atoms with Crippen molar-refractivity contribution in [2.24, 2.45) is 0 Å². The number of hydrogen-bond donors (Lipinski definition) is 0. The number of sulfonamides is 1. The maximum absolute atomic E-state index is 13.5. The Labute approximate surface area is 237 Å². The molecule has 4 rings (SSSR count). The monoisotopic (exact) mass is 592 g/mol. The van der Waals surface area contributed by atoms with Gasteiger partial charge in [0.15, 0.2) is 0 Å². The molecule has 12 heteroatoms. The topological polar surface area (TPSA) is 85.4 Å². The van der Waals surface area contributed by atoms with Gasteiger partial charge in [-0.1, -0.05) is 36.4 Å². The Morgan fingerprint density at radius 2 is 1.61 bits per heavy atom. The van der Waals surface area contributed by atoms with Crippen molar-refractivity contribution in [3.8, 4) is 5.75 Å². The summed E-state index contributed by atoms with van der Waals surface area (Å²) in [7, 11) is -1.46. The van der Waals surface area contributed by atoms with Crippen LogP contribution in [0.15, 0.2) is 77.7 Å². The zero-order valence-electron chi connectivity index (χ0n) is 22.6. The summed E-state index contributed by atoms with van der Waals surface area (Å²) in [5.74, 6) is 0.215. The van der Waals surface area contributed by atoms with E-state index in [1.54, 1.807) is 31.4 Å². The lowest BCUT2D eigenvalue weighted by molar-refractivity contribution is -0.139. The van der Waals surface area contributed by atoms with Crippen molar-refractivity contribution in [2.45, 2.75) is 23.8 Å². The highest BCUT2D eigenvalue weighted by Gasteiger charge is 2.39. The highest BCUT2D eigenvalue weighted by Crippen LogP contribution is 2.35. The Hall–Kier alpha value is -3.45. The van der Waals surface area contributed by atoms with E-state index in [1.165, 1.54) is 19.2 Å². The SMILES string of the molecule is COC(=O)c1ccc(COC(CN2CCN(S(=O)(=O)c3ccccc3C(F)(F)F)CC2)c2cccc(OC)c2)cc1. The molecule has 1 saturated heterocycles. The Bertz CT molecular complexity index is 1440. The predicted molar refractivity (Wildman–Crippen MR) is 145 cm³/mol. The van der Waals surface area contributed by atoms with Crippen LogP contribution in [-0.2, 0) is 32.3 Å². The molecule has 41 heavy (non-hydrogen) atoms. The molecule has 3 aromatic rings. The molecule has 0 aliphatic carbocycles. The molecule has 220 valence electrons. The number of piperazine rings is 1. The molecule has 0 amide bonds. The molecule has 0 spiro atoms. The number of hydrogen-bond acceptors (Lipinski definition) is 7. The summed E-state index contributed by atoms with van der Waals surface area (Å²) < 4.78 is 84.3. The van der Waals surface area contributed by atoms with Crippen LogP contribution in [0, 0.1) is 0 Å². The van der Waals surface area contributed by atoms with Crippen LogP contribution < -0.4 is 4.74 Å². The fourth-order valence-electron chi connectivity index (χ4n) is 4.60. The van der Waals surface area contributed by atoms with E-state index in [2.05, 4.69) is 0 Å². The molecule has 8 nitrogen and oxygen atoms in total. The minimum absolute atomic E-state index is 0.0361. The third-order valence-corrected chi connectivity index (χ3v) is 8.81. The lowest BCUT2D eigenvalue weighted by Crippen LogP contribution is -2.49. The highest BCUT2D eigenvalue weighted by molar-refractivity contribution is 7.89. The maximum Gasteiger partial charge on any atom is 0.417 e. The lowest BCUT2D eigenvalue weighted by atomic mass is 10.1. The standard InChI is InChI=1S/C29H31F3N2O6S/c1-38-24-7-5-6-23(18-24)26(40-20-21-10-12-22(13-11-21)28(35)39-2)19-33-14-16-34(17-15-33)41(36,37)27-9-4-3-8-25(27)29(30,31)32/h3-13,18,26H,14-17,19-20H2,1-2H3. The van der Waals surface area contributed by atoms with Gasteiger partial charge in [0.05, 0.1) is 43.0 Å². The number of methoxy groups -OCH3 is 2. The van der Waals surface area contributed by atoms with E-state index in [4.69, 9.17) is 14.2 Å². The number of alkyl halides is 3. The molecule has 1 unspecified atom stereocenters. The molecule has 0 saturated carbocycles. The normalized spacial score (nSPS) is 15.8. The van der Waals surface area contributed by atoms with E-state index in [-0.39, 0.29) is 19.7 Å². The Kier molecular flexibility index (Phi) is 9.69. The molecule has 1 aliphatic heterocycles. The number of benzene rings is 3. The second-order valence-corrected chi connectivity index (χ2v) is 11.4. The largest absolute Gasteiger partial charge is 0.497 e. The number of nitrogens with zero attached hydrogens (tertiary/aromatic N) is 2. The van der Waals surface area contributed by atoms with Gasteiger partial charge in [-0.05, 0) is 47.5 Å². The van der Waals surface area contributed by atoms with Gasteiger partial charge in [-0.2, -0.15) is 17.5 Å². The van der Waals surface area contributed by atoms with Crippen LogP contribution in [0.3, 0.4) is 0 Å². The third-order valence-electron chi connectivity index (χ3n) is 6.86. The van der Waals surface area contributed by atoms with E-state index < -0.39 is 38.7 Å². The van der Waals surface area contributed by atoms with Gasteiger partial charge in [0.1, 0.15) is 5.75 Å². The minimum Gasteiger partial charge on any atom is -0.497 e. The number of rotatable bonds is 10. The van der Waals surface area contributed by atoms with Crippen molar-refractivity contribution in [1.29, 1.82) is 0 Å². The zero-order chi connectivity index (χ0) is 29.6. The highest BCUT2D eigenvalue weighted by atomic mass is 32.2. The zero-order valence-corrected chi connectivity index (χ0v) is 23.5. The van der Waals surface area contributed by atoms with Gasteiger partial charge in [0, 0.05) is 32.7 Å². The summed E-state index contributed by atoms with van der Waals surface area (Å²) in [6.45, 7) is 1.35. The molecule has 1 aliphatic rings. The number of halogens is 3. The van der Waals surface area contributed by atoms with E-state index in [9.17, 15) is 26.4 Å². The molecule has 0 bridgehead atoms. The first-order valence-electron chi connectivity index (χ1n) is 12.8. The van der Waals surface area contributed by atoms with Gasteiger partial charge in [0.2, 0.25) is 10.0 Å². The summed E-state index contributed by atoms with van der Waals surface area (Å²) in [5, 5.41) is 0.